The molecule has 0 bridgehead atoms. The third-order valence-electron chi connectivity index (χ3n) is 1.81. The van der Waals surface area contributed by atoms with Crippen molar-refractivity contribution in [3.05, 3.63) is 42.7 Å². The molecule has 76 valence electrons. The summed E-state index contributed by atoms with van der Waals surface area (Å²) in [5.41, 5.74) is 0. The Kier molecular flexibility index (Phi) is 3.19. The SMILES string of the molecule is COc1ccc(Sc2ncccn2)cc1. The zero-order valence-electron chi connectivity index (χ0n) is 8.25. The average Bonchev–Trinajstić information content (AvgIpc) is 2.31. The van der Waals surface area contributed by atoms with E-state index in [1.54, 1.807) is 25.6 Å². The molecule has 0 saturated heterocycles. The van der Waals surface area contributed by atoms with Crippen LogP contribution in [0.1, 0.15) is 0 Å². The van der Waals surface area contributed by atoms with Crippen LogP contribution in [0.15, 0.2) is 52.8 Å². The molecule has 0 fully saturated rings. The van der Waals surface area contributed by atoms with Crippen LogP contribution in [0.4, 0.5) is 0 Å². The normalized spacial score (nSPS) is 9.93. The Labute approximate surface area is 92.5 Å². The molecule has 1 aromatic carbocycles. The summed E-state index contributed by atoms with van der Waals surface area (Å²) in [5.74, 6) is 0.855. The van der Waals surface area contributed by atoms with Crippen molar-refractivity contribution in [1.29, 1.82) is 0 Å². The van der Waals surface area contributed by atoms with Crippen molar-refractivity contribution in [2.75, 3.05) is 7.11 Å². The molecule has 15 heavy (non-hydrogen) atoms. The molecule has 2 rings (SSSR count). The van der Waals surface area contributed by atoms with E-state index in [9.17, 15) is 0 Å². The molecular weight excluding hydrogens is 208 g/mol. The summed E-state index contributed by atoms with van der Waals surface area (Å²) in [6.07, 6.45) is 3.47. The predicted octanol–water partition coefficient (Wildman–Crippen LogP) is 2.64. The second-order valence-corrected chi connectivity index (χ2v) is 3.85. The van der Waals surface area contributed by atoms with Gasteiger partial charge in [-0.2, -0.15) is 0 Å². The van der Waals surface area contributed by atoms with Crippen molar-refractivity contribution in [2.24, 2.45) is 0 Å². The molecule has 0 aliphatic carbocycles. The van der Waals surface area contributed by atoms with Gasteiger partial charge in [-0.1, -0.05) is 0 Å². The molecular formula is C11H10N2OS. The molecule has 1 aromatic heterocycles. The minimum atomic E-state index is 0.752. The number of hydrogen-bond donors (Lipinski definition) is 0. The van der Waals surface area contributed by atoms with Gasteiger partial charge >= 0.3 is 0 Å². The highest BCUT2D eigenvalue weighted by molar-refractivity contribution is 7.99. The number of aromatic nitrogens is 2. The van der Waals surface area contributed by atoms with E-state index in [1.807, 2.05) is 24.3 Å². The van der Waals surface area contributed by atoms with Crippen LogP contribution >= 0.6 is 11.8 Å². The fourth-order valence-corrected chi connectivity index (χ4v) is 1.80. The van der Waals surface area contributed by atoms with E-state index in [2.05, 4.69) is 9.97 Å². The van der Waals surface area contributed by atoms with Crippen molar-refractivity contribution in [3.8, 4) is 5.75 Å². The summed E-state index contributed by atoms with van der Waals surface area (Å²) < 4.78 is 5.08. The van der Waals surface area contributed by atoms with Gasteiger partial charge in [0.2, 0.25) is 0 Å². The van der Waals surface area contributed by atoms with Crippen LogP contribution in [0, 0.1) is 0 Å². The molecule has 4 heteroatoms. The maximum Gasteiger partial charge on any atom is 0.192 e. The Morgan fingerprint density at radius 1 is 1.07 bits per heavy atom. The van der Waals surface area contributed by atoms with Gasteiger partial charge in [0, 0.05) is 17.3 Å². The van der Waals surface area contributed by atoms with Crippen LogP contribution in [0.3, 0.4) is 0 Å². The summed E-state index contributed by atoms with van der Waals surface area (Å²) in [6, 6.07) is 9.62. The Morgan fingerprint density at radius 3 is 2.33 bits per heavy atom. The molecule has 1 heterocycles. The molecule has 0 saturated carbocycles. The lowest BCUT2D eigenvalue weighted by Crippen LogP contribution is -1.84. The van der Waals surface area contributed by atoms with Crippen LogP contribution in [0.25, 0.3) is 0 Å². The van der Waals surface area contributed by atoms with E-state index in [0.717, 1.165) is 15.8 Å². The summed E-state index contributed by atoms with van der Waals surface area (Å²) in [4.78, 5) is 9.37. The third kappa shape index (κ3) is 2.70. The summed E-state index contributed by atoms with van der Waals surface area (Å²) >= 11 is 1.53. The van der Waals surface area contributed by atoms with Gasteiger partial charge in [-0.3, -0.25) is 0 Å². The van der Waals surface area contributed by atoms with Crippen molar-refractivity contribution >= 4 is 11.8 Å². The zero-order valence-corrected chi connectivity index (χ0v) is 9.07. The van der Waals surface area contributed by atoms with Crippen molar-refractivity contribution in [1.82, 2.24) is 9.97 Å². The molecule has 0 aliphatic rings. The van der Waals surface area contributed by atoms with Gasteiger partial charge in [0.1, 0.15) is 5.75 Å². The van der Waals surface area contributed by atoms with Crippen LogP contribution in [-0.2, 0) is 0 Å². The number of methoxy groups -OCH3 is 1. The highest BCUT2D eigenvalue weighted by Gasteiger charge is 1.99. The lowest BCUT2D eigenvalue weighted by atomic mass is 10.3. The van der Waals surface area contributed by atoms with Gasteiger partial charge in [-0.25, -0.2) is 9.97 Å². The van der Waals surface area contributed by atoms with E-state index in [1.165, 1.54) is 11.8 Å². The number of nitrogens with zero attached hydrogens (tertiary/aromatic N) is 2. The zero-order chi connectivity index (χ0) is 10.5. The fraction of sp³-hybridized carbons (Fsp3) is 0.0909. The smallest absolute Gasteiger partial charge is 0.192 e. The molecule has 2 aromatic rings. The van der Waals surface area contributed by atoms with Crippen LogP contribution < -0.4 is 4.74 Å². The molecule has 0 atom stereocenters. The lowest BCUT2D eigenvalue weighted by Gasteiger charge is -2.01. The van der Waals surface area contributed by atoms with E-state index in [4.69, 9.17) is 4.74 Å². The first kappa shape index (κ1) is 9.98. The lowest BCUT2D eigenvalue weighted by molar-refractivity contribution is 0.414. The molecule has 0 amide bonds. The summed E-state index contributed by atoms with van der Waals surface area (Å²) in [6.45, 7) is 0. The second-order valence-electron chi connectivity index (χ2n) is 2.81. The molecule has 3 nitrogen and oxygen atoms in total. The maximum atomic E-state index is 5.08. The Morgan fingerprint density at radius 2 is 1.73 bits per heavy atom. The maximum absolute atomic E-state index is 5.08. The van der Waals surface area contributed by atoms with E-state index in [-0.39, 0.29) is 0 Å². The van der Waals surface area contributed by atoms with Crippen LogP contribution in [-0.4, -0.2) is 17.1 Å². The highest BCUT2D eigenvalue weighted by atomic mass is 32.2. The van der Waals surface area contributed by atoms with Crippen LogP contribution in [0.5, 0.6) is 5.75 Å². The topological polar surface area (TPSA) is 35.0 Å². The van der Waals surface area contributed by atoms with E-state index in [0.29, 0.717) is 0 Å². The van der Waals surface area contributed by atoms with Gasteiger partial charge in [-0.05, 0) is 42.1 Å². The van der Waals surface area contributed by atoms with Crippen molar-refractivity contribution in [2.45, 2.75) is 10.1 Å². The quantitative estimate of drug-likeness (QED) is 0.742. The number of rotatable bonds is 3. The average molecular weight is 218 g/mol. The molecule has 0 spiro atoms. The second kappa shape index (κ2) is 4.79. The van der Waals surface area contributed by atoms with Gasteiger partial charge in [0.25, 0.3) is 0 Å². The van der Waals surface area contributed by atoms with E-state index < -0.39 is 0 Å². The Bertz CT molecular complexity index is 416. The first-order chi connectivity index (χ1) is 7.38. The van der Waals surface area contributed by atoms with Gasteiger partial charge in [-0.15, -0.1) is 0 Å². The minimum Gasteiger partial charge on any atom is -0.497 e. The fourth-order valence-electron chi connectivity index (χ4n) is 1.09. The van der Waals surface area contributed by atoms with Gasteiger partial charge in [0.15, 0.2) is 5.16 Å². The standard InChI is InChI=1S/C11H10N2OS/c1-14-9-3-5-10(6-4-9)15-11-12-7-2-8-13-11/h2-8H,1H3. The molecule has 0 N–H and O–H groups in total. The predicted molar refractivity (Wildman–Crippen MR) is 59.1 cm³/mol. The van der Waals surface area contributed by atoms with Crippen molar-refractivity contribution < 1.29 is 4.74 Å². The largest absolute Gasteiger partial charge is 0.497 e. The van der Waals surface area contributed by atoms with Crippen LogP contribution in [0.2, 0.25) is 0 Å². The third-order valence-corrected chi connectivity index (χ3v) is 2.71. The summed E-state index contributed by atoms with van der Waals surface area (Å²) in [7, 11) is 1.66. The first-order valence-electron chi connectivity index (χ1n) is 4.47. The molecule has 0 aliphatic heterocycles. The Hall–Kier alpha value is -1.55. The molecule has 0 unspecified atom stereocenters. The highest BCUT2D eigenvalue weighted by Crippen LogP contribution is 2.25. The monoisotopic (exact) mass is 218 g/mol. The van der Waals surface area contributed by atoms with Gasteiger partial charge in [0.05, 0.1) is 7.11 Å². The first-order valence-corrected chi connectivity index (χ1v) is 5.29. The summed E-state index contributed by atoms with van der Waals surface area (Å²) in [5, 5.41) is 0.752. The number of hydrogen-bond acceptors (Lipinski definition) is 4. The minimum absolute atomic E-state index is 0.752. The van der Waals surface area contributed by atoms with E-state index >= 15 is 0 Å². The number of benzene rings is 1. The molecule has 0 radical (unpaired) electrons. The van der Waals surface area contributed by atoms with Crippen molar-refractivity contribution in [3.63, 3.8) is 0 Å². The number of ether oxygens (including phenoxy) is 1. The Balaban J connectivity index is 2.11. The van der Waals surface area contributed by atoms with Gasteiger partial charge < -0.3 is 4.74 Å².